The molecular formula is C29H26N10S2. The monoisotopic (exact) mass is 578 g/mol. The van der Waals surface area contributed by atoms with Crippen molar-refractivity contribution < 1.29 is 0 Å². The Bertz CT molecular complexity index is 1480. The minimum absolute atomic E-state index is 0.557. The average molecular weight is 579 g/mol. The molecule has 0 N–H and O–H groups in total. The fourth-order valence-corrected chi connectivity index (χ4v) is 6.65. The Morgan fingerprint density at radius 1 is 0.415 bits per heavy atom. The molecule has 0 saturated carbocycles. The summed E-state index contributed by atoms with van der Waals surface area (Å²) in [4.78, 5) is 27.1. The first-order valence-electron chi connectivity index (χ1n) is 13.2. The molecule has 0 saturated heterocycles. The Balaban J connectivity index is 1.13. The number of hydrogen-bond donors (Lipinski definition) is 0. The van der Waals surface area contributed by atoms with Crippen LogP contribution in [-0.4, -0.2) is 54.8 Å². The number of amidine groups is 4. The Kier molecular flexibility index (Phi) is 8.68. The maximum atomic E-state index is 4.83. The second-order valence-corrected chi connectivity index (χ2v) is 11.8. The van der Waals surface area contributed by atoms with Gasteiger partial charge in [-0.15, -0.1) is 0 Å². The van der Waals surface area contributed by atoms with Crippen molar-refractivity contribution in [3.8, 4) is 0 Å². The molecule has 2 atom stereocenters. The summed E-state index contributed by atoms with van der Waals surface area (Å²) >= 11 is 0. The quantitative estimate of drug-likeness (QED) is 0.246. The van der Waals surface area contributed by atoms with Crippen molar-refractivity contribution in [3.05, 3.63) is 120 Å². The van der Waals surface area contributed by atoms with Crippen molar-refractivity contribution in [1.29, 1.82) is 0 Å². The highest BCUT2D eigenvalue weighted by atomic mass is 32.2. The van der Waals surface area contributed by atoms with Crippen LogP contribution in [0.1, 0.15) is 42.0 Å². The van der Waals surface area contributed by atoms with Crippen molar-refractivity contribution in [1.82, 2.24) is 19.9 Å². The van der Waals surface area contributed by atoms with E-state index in [2.05, 4.69) is 29.9 Å². The fourth-order valence-electron chi connectivity index (χ4n) is 3.94. The first-order valence-corrected chi connectivity index (χ1v) is 15.8. The molecule has 41 heavy (non-hydrogen) atoms. The van der Waals surface area contributed by atoms with E-state index in [1.807, 2.05) is 72.8 Å². The molecule has 12 heteroatoms. The Morgan fingerprint density at radius 3 is 1.12 bits per heavy atom. The van der Waals surface area contributed by atoms with Gasteiger partial charge in [-0.1, -0.05) is 30.7 Å². The van der Waals surface area contributed by atoms with E-state index in [4.69, 9.17) is 17.5 Å². The van der Waals surface area contributed by atoms with E-state index in [0.717, 1.165) is 53.5 Å². The van der Waals surface area contributed by atoms with Gasteiger partial charge < -0.3 is 0 Å². The van der Waals surface area contributed by atoms with Gasteiger partial charge in [0.15, 0.2) is 23.3 Å². The van der Waals surface area contributed by atoms with Crippen LogP contribution in [0.2, 0.25) is 0 Å². The number of aliphatic imine (C=N–C) groups is 2. The summed E-state index contributed by atoms with van der Waals surface area (Å²) in [6.07, 6.45) is 9.95. The van der Waals surface area contributed by atoms with Gasteiger partial charge in [-0.3, -0.25) is 19.9 Å². The maximum absolute atomic E-state index is 4.83. The lowest BCUT2D eigenvalue weighted by molar-refractivity contribution is 0.783. The van der Waals surface area contributed by atoms with Gasteiger partial charge in [0.2, 0.25) is 0 Å². The lowest BCUT2D eigenvalue weighted by Crippen LogP contribution is -2.15. The van der Waals surface area contributed by atoms with E-state index < -0.39 is 21.8 Å². The standard InChI is InChI=1S/C29H26N10S2/c1(10-20-40-36-26(22-12-2-6-16-30-22)34-27(37-40)23-13-3-7-17-31-23)11-21-41-38-28(24-14-4-8-18-32-24)35-29(39-41)25-15-5-9-19-33-25/h2-9,12-19H,1,10-11,20-21H2. The summed E-state index contributed by atoms with van der Waals surface area (Å²) in [5.41, 5.74) is 2.95. The first-order chi connectivity index (χ1) is 20.3. The van der Waals surface area contributed by atoms with Crippen molar-refractivity contribution >= 4 is 45.1 Å². The predicted octanol–water partition coefficient (Wildman–Crippen LogP) is 4.98. The molecule has 0 bridgehead atoms. The summed E-state index contributed by atoms with van der Waals surface area (Å²) < 4.78 is 19.3. The third-order valence-corrected chi connectivity index (χ3v) is 8.76. The van der Waals surface area contributed by atoms with E-state index >= 15 is 0 Å². The molecule has 2 unspecified atom stereocenters. The van der Waals surface area contributed by atoms with Gasteiger partial charge in [-0.05, 0) is 61.4 Å². The van der Waals surface area contributed by atoms with Crippen LogP contribution in [0.5, 0.6) is 0 Å². The molecule has 6 rings (SSSR count). The van der Waals surface area contributed by atoms with Crippen LogP contribution in [0.4, 0.5) is 0 Å². The molecule has 0 radical (unpaired) electrons. The van der Waals surface area contributed by atoms with Gasteiger partial charge in [0, 0.05) is 58.0 Å². The normalized spacial score (nSPS) is 18.2. The second kappa shape index (κ2) is 13.3. The van der Waals surface area contributed by atoms with Crippen LogP contribution >= 0.6 is 0 Å². The first kappa shape index (κ1) is 26.8. The summed E-state index contributed by atoms with van der Waals surface area (Å²) in [6, 6.07) is 23.0. The van der Waals surface area contributed by atoms with Gasteiger partial charge in [0.25, 0.3) is 0 Å². The van der Waals surface area contributed by atoms with E-state index in [0.29, 0.717) is 23.3 Å². The van der Waals surface area contributed by atoms with Gasteiger partial charge in [0.1, 0.15) is 22.8 Å². The minimum Gasteiger partial charge on any atom is -0.253 e. The van der Waals surface area contributed by atoms with Gasteiger partial charge in [0.05, 0.1) is 0 Å². The number of hydrogen-bond acceptors (Lipinski definition) is 10. The van der Waals surface area contributed by atoms with Gasteiger partial charge >= 0.3 is 0 Å². The van der Waals surface area contributed by atoms with Gasteiger partial charge in [-0.25, -0.2) is 9.98 Å². The SMILES string of the molecule is c1ccc(C2=NC(c3ccccn3)=NS(CCCCCS3=NC(c4ccccn4)=NC(c4ccccn4)=N3)=N2)nc1. The molecule has 204 valence electrons. The summed E-state index contributed by atoms with van der Waals surface area (Å²) in [5.74, 6) is 4.07. The molecule has 10 nitrogen and oxygen atoms in total. The predicted molar refractivity (Wildman–Crippen MR) is 166 cm³/mol. The fraction of sp³-hybridized carbons (Fsp3) is 0.172. The molecule has 4 aromatic rings. The number of nitrogens with zero attached hydrogens (tertiary/aromatic N) is 10. The van der Waals surface area contributed by atoms with Crippen LogP contribution in [0.3, 0.4) is 0 Å². The topological polar surface area (TPSA) is 126 Å². The summed E-state index contributed by atoms with van der Waals surface area (Å²) in [5, 5.41) is 0. The smallest absolute Gasteiger partial charge is 0.188 e. The van der Waals surface area contributed by atoms with Crippen molar-refractivity contribution in [2.24, 2.45) is 27.5 Å². The molecule has 0 aliphatic carbocycles. The summed E-state index contributed by atoms with van der Waals surface area (Å²) in [6.45, 7) is 0. The van der Waals surface area contributed by atoms with Crippen molar-refractivity contribution in [2.75, 3.05) is 11.5 Å². The van der Waals surface area contributed by atoms with Crippen LogP contribution in [0, 0.1) is 0 Å². The minimum atomic E-state index is -0.557. The van der Waals surface area contributed by atoms with E-state index in [1.54, 1.807) is 24.8 Å². The molecule has 2 aliphatic rings. The van der Waals surface area contributed by atoms with E-state index in [1.165, 1.54) is 0 Å². The number of aromatic nitrogens is 4. The highest BCUT2D eigenvalue weighted by Gasteiger charge is 2.17. The lowest BCUT2D eigenvalue weighted by Gasteiger charge is -2.13. The van der Waals surface area contributed by atoms with Crippen molar-refractivity contribution in [2.45, 2.75) is 19.3 Å². The van der Waals surface area contributed by atoms with Crippen molar-refractivity contribution in [3.63, 3.8) is 0 Å². The summed E-state index contributed by atoms with van der Waals surface area (Å²) in [7, 11) is -1.11. The zero-order valence-corrected chi connectivity index (χ0v) is 23.7. The molecule has 0 amide bonds. The second-order valence-electron chi connectivity index (χ2n) is 8.89. The zero-order valence-electron chi connectivity index (χ0n) is 22.1. The van der Waals surface area contributed by atoms with Crippen LogP contribution < -0.4 is 0 Å². The van der Waals surface area contributed by atoms with Crippen LogP contribution in [-0.2, 0) is 21.8 Å². The molecule has 0 aromatic carbocycles. The lowest BCUT2D eigenvalue weighted by atomic mass is 10.3. The highest BCUT2D eigenvalue weighted by Crippen LogP contribution is 2.16. The molecule has 4 aromatic heterocycles. The van der Waals surface area contributed by atoms with Crippen LogP contribution in [0.25, 0.3) is 0 Å². The Morgan fingerprint density at radius 2 is 0.780 bits per heavy atom. The Labute approximate surface area is 243 Å². The van der Waals surface area contributed by atoms with Crippen LogP contribution in [0.15, 0.2) is 125 Å². The number of unbranched alkanes of at least 4 members (excludes halogenated alkanes) is 2. The average Bonchev–Trinajstić information content (AvgIpc) is 3.06. The zero-order chi connectivity index (χ0) is 27.7. The molecule has 6 heterocycles. The maximum Gasteiger partial charge on any atom is 0.188 e. The highest BCUT2D eigenvalue weighted by molar-refractivity contribution is 7.86. The molecule has 2 aliphatic heterocycles. The molecule has 0 spiro atoms. The number of rotatable bonds is 10. The number of pyridine rings is 4. The third-order valence-electron chi connectivity index (χ3n) is 5.92. The largest absolute Gasteiger partial charge is 0.253 e. The van der Waals surface area contributed by atoms with E-state index in [9.17, 15) is 0 Å². The molecule has 0 fully saturated rings. The Hall–Kier alpha value is -4.42. The van der Waals surface area contributed by atoms with Gasteiger partial charge in [-0.2, -0.15) is 17.5 Å². The third kappa shape index (κ3) is 7.02. The molecular weight excluding hydrogens is 553 g/mol. The van der Waals surface area contributed by atoms with E-state index in [-0.39, 0.29) is 0 Å².